The topological polar surface area (TPSA) is 105 Å². The summed E-state index contributed by atoms with van der Waals surface area (Å²) < 4.78 is 32.0. The quantitative estimate of drug-likeness (QED) is 0.880. The average molecular weight is 350 g/mol. The van der Waals surface area contributed by atoms with Gasteiger partial charge in [0.15, 0.2) is 0 Å². The predicted octanol–water partition coefficient (Wildman–Crippen LogP) is 2.28. The van der Waals surface area contributed by atoms with Crippen molar-refractivity contribution in [3.05, 3.63) is 46.9 Å². The Morgan fingerprint density at radius 1 is 1.00 bits per heavy atom. The van der Waals surface area contributed by atoms with E-state index in [1.165, 1.54) is 31.2 Å². The molecule has 0 aliphatic rings. The van der Waals surface area contributed by atoms with Crippen LogP contribution in [0.3, 0.4) is 0 Å². The van der Waals surface area contributed by atoms with E-state index >= 15 is 0 Å². The second kappa shape index (κ2) is 6.48. The van der Waals surface area contributed by atoms with Crippen LogP contribution in [0.2, 0.25) is 0 Å². The zero-order chi connectivity index (χ0) is 18.1. The Labute approximate surface area is 140 Å². The maximum absolute atomic E-state index is 12.3. The highest BCUT2D eigenvalue weighted by Crippen LogP contribution is 2.21. The Hall–Kier alpha value is -2.61. The van der Waals surface area contributed by atoms with Gasteiger partial charge in [-0.2, -0.15) is 0 Å². The molecule has 0 atom stereocenters. The summed E-state index contributed by atoms with van der Waals surface area (Å²) in [4.78, 5) is 23.2. The zero-order valence-electron chi connectivity index (χ0n) is 13.8. The number of amides is 2. The standard InChI is InChI=1S/C16H18N2O5S/c1-9-10(2)23-11(3)15(9)16(20)18-24(21,22)14-7-5-13(6-8-14)17-12(4)19/h5-8H,1-4H3,(H,17,19)(H,18,20). The maximum atomic E-state index is 12.3. The molecule has 0 bridgehead atoms. The number of hydrogen-bond donors (Lipinski definition) is 2. The van der Waals surface area contributed by atoms with Crippen molar-refractivity contribution in [3.63, 3.8) is 0 Å². The second-order valence-electron chi connectivity index (χ2n) is 5.35. The summed E-state index contributed by atoms with van der Waals surface area (Å²) in [6.07, 6.45) is 0. The molecule has 2 amide bonds. The highest BCUT2D eigenvalue weighted by atomic mass is 32.2. The minimum Gasteiger partial charge on any atom is -0.466 e. The van der Waals surface area contributed by atoms with Crippen LogP contribution in [0.25, 0.3) is 0 Å². The first-order chi connectivity index (χ1) is 11.1. The molecule has 0 spiro atoms. The molecule has 0 aliphatic carbocycles. The first-order valence-electron chi connectivity index (χ1n) is 7.13. The monoisotopic (exact) mass is 350 g/mol. The third-order valence-electron chi connectivity index (χ3n) is 3.50. The summed E-state index contributed by atoms with van der Waals surface area (Å²) in [6, 6.07) is 5.50. The number of carbonyl (C=O) groups is 2. The van der Waals surface area contributed by atoms with Crippen LogP contribution in [0.15, 0.2) is 33.6 Å². The predicted molar refractivity (Wildman–Crippen MR) is 88.3 cm³/mol. The molecule has 1 heterocycles. The summed E-state index contributed by atoms with van der Waals surface area (Å²) >= 11 is 0. The van der Waals surface area contributed by atoms with E-state index < -0.39 is 15.9 Å². The molecule has 1 aromatic heterocycles. The Kier molecular flexibility index (Phi) is 4.79. The van der Waals surface area contributed by atoms with Crippen LogP contribution in [0.4, 0.5) is 5.69 Å². The number of carbonyl (C=O) groups excluding carboxylic acids is 2. The minimum atomic E-state index is -4.03. The normalized spacial score (nSPS) is 11.2. The number of sulfonamides is 1. The molecule has 2 N–H and O–H groups in total. The number of nitrogens with one attached hydrogen (secondary N) is 2. The fraction of sp³-hybridized carbons (Fsp3) is 0.250. The van der Waals surface area contributed by atoms with Crippen molar-refractivity contribution < 1.29 is 22.4 Å². The SMILES string of the molecule is CC(=O)Nc1ccc(S(=O)(=O)NC(=O)c2c(C)oc(C)c2C)cc1. The molecule has 0 saturated heterocycles. The molecule has 1 aromatic carbocycles. The molecule has 24 heavy (non-hydrogen) atoms. The van der Waals surface area contributed by atoms with Gasteiger partial charge < -0.3 is 9.73 Å². The van der Waals surface area contributed by atoms with E-state index in [1.54, 1.807) is 20.8 Å². The summed E-state index contributed by atoms with van der Waals surface area (Å²) in [5, 5.41) is 2.53. The fourth-order valence-corrected chi connectivity index (χ4v) is 3.24. The summed E-state index contributed by atoms with van der Waals surface area (Å²) in [5.41, 5.74) is 1.28. The molecule has 0 unspecified atom stereocenters. The van der Waals surface area contributed by atoms with Crippen molar-refractivity contribution >= 4 is 27.5 Å². The van der Waals surface area contributed by atoms with E-state index in [0.717, 1.165) is 0 Å². The van der Waals surface area contributed by atoms with Gasteiger partial charge >= 0.3 is 0 Å². The Morgan fingerprint density at radius 3 is 2.04 bits per heavy atom. The van der Waals surface area contributed by atoms with Crippen LogP contribution in [-0.4, -0.2) is 20.2 Å². The Balaban J connectivity index is 2.24. The van der Waals surface area contributed by atoms with Crippen molar-refractivity contribution in [3.8, 4) is 0 Å². The molecule has 0 fully saturated rings. The number of anilines is 1. The number of furan rings is 1. The van der Waals surface area contributed by atoms with Crippen molar-refractivity contribution in [2.24, 2.45) is 0 Å². The summed E-state index contributed by atoms with van der Waals surface area (Å²) in [7, 11) is -4.03. The van der Waals surface area contributed by atoms with Gasteiger partial charge in [0, 0.05) is 18.2 Å². The second-order valence-corrected chi connectivity index (χ2v) is 7.04. The van der Waals surface area contributed by atoms with Crippen LogP contribution in [-0.2, 0) is 14.8 Å². The maximum Gasteiger partial charge on any atom is 0.268 e. The number of hydrogen-bond acceptors (Lipinski definition) is 5. The summed E-state index contributed by atoms with van der Waals surface area (Å²) in [5.74, 6) is -0.0820. The Bertz CT molecular complexity index is 895. The average Bonchev–Trinajstić information content (AvgIpc) is 2.71. The Morgan fingerprint density at radius 2 is 1.58 bits per heavy atom. The van der Waals surface area contributed by atoms with Gasteiger partial charge in [-0.25, -0.2) is 13.1 Å². The number of aryl methyl sites for hydroxylation is 2. The lowest BCUT2D eigenvalue weighted by Gasteiger charge is -2.08. The molecule has 0 aliphatic heterocycles. The van der Waals surface area contributed by atoms with E-state index in [4.69, 9.17) is 4.42 Å². The van der Waals surface area contributed by atoms with E-state index in [-0.39, 0.29) is 16.4 Å². The van der Waals surface area contributed by atoms with E-state index in [1.807, 2.05) is 4.72 Å². The molecule has 2 rings (SSSR count). The first kappa shape index (κ1) is 17.7. The van der Waals surface area contributed by atoms with E-state index in [0.29, 0.717) is 22.8 Å². The molecule has 128 valence electrons. The largest absolute Gasteiger partial charge is 0.466 e. The molecule has 8 heteroatoms. The third kappa shape index (κ3) is 3.65. The van der Waals surface area contributed by atoms with Crippen LogP contribution in [0.5, 0.6) is 0 Å². The highest BCUT2D eigenvalue weighted by molar-refractivity contribution is 7.90. The molecule has 2 aromatic rings. The van der Waals surface area contributed by atoms with Gasteiger partial charge in [0.25, 0.3) is 15.9 Å². The number of benzene rings is 1. The van der Waals surface area contributed by atoms with Crippen molar-refractivity contribution in [1.82, 2.24) is 4.72 Å². The lowest BCUT2D eigenvalue weighted by molar-refractivity contribution is -0.114. The molecule has 7 nitrogen and oxygen atoms in total. The van der Waals surface area contributed by atoms with Crippen LogP contribution in [0, 0.1) is 20.8 Å². The fourth-order valence-electron chi connectivity index (χ4n) is 2.28. The van der Waals surface area contributed by atoms with Gasteiger partial charge in [-0.05, 0) is 45.0 Å². The van der Waals surface area contributed by atoms with Gasteiger partial charge in [-0.15, -0.1) is 0 Å². The zero-order valence-corrected chi connectivity index (χ0v) is 14.6. The highest BCUT2D eigenvalue weighted by Gasteiger charge is 2.24. The van der Waals surface area contributed by atoms with Crippen LogP contribution >= 0.6 is 0 Å². The van der Waals surface area contributed by atoms with Gasteiger partial charge in [0.05, 0.1) is 10.5 Å². The van der Waals surface area contributed by atoms with Crippen molar-refractivity contribution in [1.29, 1.82) is 0 Å². The molecule has 0 radical (unpaired) electrons. The summed E-state index contributed by atoms with van der Waals surface area (Å²) in [6.45, 7) is 6.34. The first-order valence-corrected chi connectivity index (χ1v) is 8.61. The van der Waals surface area contributed by atoms with E-state index in [2.05, 4.69) is 5.32 Å². The van der Waals surface area contributed by atoms with Gasteiger partial charge in [0.2, 0.25) is 5.91 Å². The van der Waals surface area contributed by atoms with Gasteiger partial charge in [0.1, 0.15) is 11.5 Å². The molecular weight excluding hydrogens is 332 g/mol. The van der Waals surface area contributed by atoms with Crippen molar-refractivity contribution in [2.45, 2.75) is 32.6 Å². The molecular formula is C16H18N2O5S. The lowest BCUT2D eigenvalue weighted by Crippen LogP contribution is -2.31. The lowest BCUT2D eigenvalue weighted by atomic mass is 10.1. The van der Waals surface area contributed by atoms with Crippen molar-refractivity contribution in [2.75, 3.05) is 5.32 Å². The molecule has 0 saturated carbocycles. The van der Waals surface area contributed by atoms with E-state index in [9.17, 15) is 18.0 Å². The van der Waals surface area contributed by atoms with Gasteiger partial charge in [-0.1, -0.05) is 0 Å². The van der Waals surface area contributed by atoms with Crippen LogP contribution < -0.4 is 10.0 Å². The minimum absolute atomic E-state index is 0.0829. The van der Waals surface area contributed by atoms with Crippen LogP contribution in [0.1, 0.15) is 34.4 Å². The van der Waals surface area contributed by atoms with Gasteiger partial charge in [-0.3, -0.25) is 9.59 Å². The number of rotatable bonds is 4. The third-order valence-corrected chi connectivity index (χ3v) is 4.85. The smallest absolute Gasteiger partial charge is 0.268 e.